The summed E-state index contributed by atoms with van der Waals surface area (Å²) in [6.45, 7) is -0.503. The Morgan fingerprint density at radius 3 is 2.55 bits per heavy atom. The van der Waals surface area contributed by atoms with E-state index < -0.39 is 37.3 Å². The average molecular weight is 282 g/mol. The molecule has 1 saturated heterocycles. The van der Waals surface area contributed by atoms with Crippen LogP contribution in [0.5, 0.6) is 5.75 Å². The SMILES string of the molecule is OC[C@H]1O[C@H](Oc2cccc3c2N=N3)[C@H](O)[C@@H](O)[C@@H]1O. The zero-order valence-corrected chi connectivity index (χ0v) is 10.3. The molecular weight excluding hydrogens is 268 g/mol. The van der Waals surface area contributed by atoms with Crippen molar-refractivity contribution in [1.29, 1.82) is 0 Å². The third-order valence-electron chi connectivity index (χ3n) is 3.33. The molecule has 1 aromatic rings. The molecule has 20 heavy (non-hydrogen) atoms. The van der Waals surface area contributed by atoms with Crippen LogP contribution in [-0.4, -0.2) is 57.7 Å². The average Bonchev–Trinajstić information content (AvgIpc) is 2.41. The van der Waals surface area contributed by atoms with Crippen molar-refractivity contribution in [3.63, 3.8) is 0 Å². The van der Waals surface area contributed by atoms with Crippen LogP contribution in [0.2, 0.25) is 0 Å². The van der Waals surface area contributed by atoms with Crippen LogP contribution in [0.25, 0.3) is 0 Å². The predicted octanol–water partition coefficient (Wildman–Crippen LogP) is -0.406. The van der Waals surface area contributed by atoms with Gasteiger partial charge in [0.15, 0.2) is 11.4 Å². The summed E-state index contributed by atoms with van der Waals surface area (Å²) in [6.07, 6.45) is -6.54. The van der Waals surface area contributed by atoms with Crippen molar-refractivity contribution >= 4 is 11.4 Å². The summed E-state index contributed by atoms with van der Waals surface area (Å²) in [7, 11) is 0. The van der Waals surface area contributed by atoms with Crippen LogP contribution in [0.4, 0.5) is 11.4 Å². The summed E-state index contributed by atoms with van der Waals surface area (Å²) in [5.41, 5.74) is 1.19. The van der Waals surface area contributed by atoms with Gasteiger partial charge in [-0.3, -0.25) is 0 Å². The number of ether oxygens (including phenoxy) is 2. The number of fused-ring (bicyclic) bond motifs is 1. The first kappa shape index (κ1) is 13.4. The molecule has 1 fully saturated rings. The molecule has 0 bridgehead atoms. The predicted molar refractivity (Wildman–Crippen MR) is 65.0 cm³/mol. The maximum Gasteiger partial charge on any atom is 0.229 e. The third-order valence-corrected chi connectivity index (χ3v) is 3.33. The summed E-state index contributed by atoms with van der Waals surface area (Å²) in [6, 6.07) is 5.08. The van der Waals surface area contributed by atoms with Crippen molar-refractivity contribution in [2.24, 2.45) is 10.2 Å². The van der Waals surface area contributed by atoms with Crippen LogP contribution in [0, 0.1) is 0 Å². The number of azo groups is 1. The quantitative estimate of drug-likeness (QED) is 0.607. The maximum atomic E-state index is 9.87. The van der Waals surface area contributed by atoms with Gasteiger partial charge in [-0.1, -0.05) is 6.07 Å². The second-order valence-electron chi connectivity index (χ2n) is 4.64. The Balaban J connectivity index is 1.78. The summed E-state index contributed by atoms with van der Waals surface area (Å²) < 4.78 is 10.7. The number of hydrogen-bond donors (Lipinski definition) is 4. The van der Waals surface area contributed by atoms with Gasteiger partial charge in [0, 0.05) is 0 Å². The van der Waals surface area contributed by atoms with Gasteiger partial charge in [0.05, 0.1) is 6.61 Å². The number of hydrogen-bond acceptors (Lipinski definition) is 8. The molecule has 0 spiro atoms. The van der Waals surface area contributed by atoms with Gasteiger partial charge in [0.25, 0.3) is 0 Å². The molecule has 108 valence electrons. The van der Waals surface area contributed by atoms with Gasteiger partial charge in [-0.05, 0) is 12.1 Å². The second-order valence-corrected chi connectivity index (χ2v) is 4.64. The Morgan fingerprint density at radius 2 is 1.90 bits per heavy atom. The number of rotatable bonds is 3. The standard InChI is InChI=1S/C12H14N2O6/c15-4-7-9(16)10(17)11(18)12(20-7)19-6-3-1-2-5-8(6)14-13-5/h1-3,7,9-12,15-18H,4H2/t7-,9-,10+,11-,12+/m1/s1. The molecule has 3 rings (SSSR count). The minimum atomic E-state index is -1.47. The van der Waals surface area contributed by atoms with Gasteiger partial charge in [-0.15, -0.1) is 10.2 Å². The molecule has 0 aliphatic carbocycles. The third kappa shape index (κ3) is 2.07. The van der Waals surface area contributed by atoms with Gasteiger partial charge < -0.3 is 29.9 Å². The summed E-state index contributed by atoms with van der Waals surface area (Å²) >= 11 is 0. The van der Waals surface area contributed by atoms with Gasteiger partial charge in [-0.2, -0.15) is 0 Å². The first-order valence-corrected chi connectivity index (χ1v) is 6.13. The monoisotopic (exact) mass is 282 g/mol. The van der Waals surface area contributed by atoms with Gasteiger partial charge >= 0.3 is 0 Å². The van der Waals surface area contributed by atoms with Crippen molar-refractivity contribution in [1.82, 2.24) is 0 Å². The molecule has 5 atom stereocenters. The van der Waals surface area contributed by atoms with E-state index >= 15 is 0 Å². The Labute approximate surface area is 113 Å². The minimum absolute atomic E-state index is 0.349. The number of nitrogens with zero attached hydrogens (tertiary/aromatic N) is 2. The normalized spacial score (nSPS) is 35.3. The van der Waals surface area contributed by atoms with E-state index in [1.807, 2.05) is 0 Å². The highest BCUT2D eigenvalue weighted by atomic mass is 16.7. The van der Waals surface area contributed by atoms with Gasteiger partial charge in [-0.25, -0.2) is 0 Å². The Kier molecular flexibility index (Phi) is 3.40. The molecule has 4 N–H and O–H groups in total. The van der Waals surface area contributed by atoms with E-state index in [9.17, 15) is 15.3 Å². The van der Waals surface area contributed by atoms with E-state index in [1.54, 1.807) is 18.2 Å². The van der Waals surface area contributed by atoms with Crippen molar-refractivity contribution in [3.8, 4) is 5.75 Å². The highest BCUT2D eigenvalue weighted by Gasteiger charge is 2.45. The van der Waals surface area contributed by atoms with Crippen molar-refractivity contribution in [3.05, 3.63) is 18.2 Å². The molecule has 2 heterocycles. The summed E-state index contributed by atoms with van der Waals surface area (Å²) in [4.78, 5) is 0. The molecular formula is C12H14N2O6. The molecule has 0 radical (unpaired) electrons. The van der Waals surface area contributed by atoms with Crippen molar-refractivity contribution < 1.29 is 29.9 Å². The van der Waals surface area contributed by atoms with E-state index in [2.05, 4.69) is 10.2 Å². The highest BCUT2D eigenvalue weighted by Crippen LogP contribution is 2.45. The fourth-order valence-electron chi connectivity index (χ4n) is 2.14. The van der Waals surface area contributed by atoms with Crippen LogP contribution in [0.3, 0.4) is 0 Å². The van der Waals surface area contributed by atoms with Crippen molar-refractivity contribution in [2.75, 3.05) is 6.61 Å². The first-order chi connectivity index (χ1) is 9.61. The lowest BCUT2D eigenvalue weighted by Crippen LogP contribution is -2.60. The largest absolute Gasteiger partial charge is 0.460 e. The molecule has 0 unspecified atom stereocenters. The van der Waals surface area contributed by atoms with Crippen LogP contribution in [0.15, 0.2) is 28.4 Å². The first-order valence-electron chi connectivity index (χ1n) is 6.13. The lowest BCUT2D eigenvalue weighted by Gasteiger charge is -2.39. The van der Waals surface area contributed by atoms with Crippen LogP contribution in [-0.2, 0) is 4.74 Å². The van der Waals surface area contributed by atoms with E-state index in [-0.39, 0.29) is 0 Å². The van der Waals surface area contributed by atoms with Crippen LogP contribution in [0.1, 0.15) is 0 Å². The molecule has 0 aromatic heterocycles. The lowest BCUT2D eigenvalue weighted by molar-refractivity contribution is -0.277. The fraction of sp³-hybridized carbons (Fsp3) is 0.500. The zero-order valence-electron chi connectivity index (χ0n) is 10.3. The summed E-state index contributed by atoms with van der Waals surface area (Å²) in [5.74, 6) is 0.349. The lowest BCUT2D eigenvalue weighted by atomic mass is 9.99. The van der Waals surface area contributed by atoms with E-state index in [0.29, 0.717) is 17.1 Å². The fourth-order valence-corrected chi connectivity index (χ4v) is 2.14. The Hall–Kier alpha value is -1.58. The second kappa shape index (κ2) is 5.08. The number of aliphatic hydroxyl groups is 4. The topological polar surface area (TPSA) is 124 Å². The van der Waals surface area contributed by atoms with Gasteiger partial charge in [0.2, 0.25) is 6.29 Å². The Morgan fingerprint density at radius 1 is 1.10 bits per heavy atom. The molecule has 2 aliphatic heterocycles. The molecule has 1 aromatic carbocycles. The zero-order chi connectivity index (χ0) is 14.3. The molecule has 8 nitrogen and oxygen atoms in total. The van der Waals surface area contributed by atoms with E-state index in [0.717, 1.165) is 0 Å². The van der Waals surface area contributed by atoms with E-state index in [1.165, 1.54) is 0 Å². The van der Waals surface area contributed by atoms with Gasteiger partial charge in [0.1, 0.15) is 30.1 Å². The molecule has 8 heteroatoms. The number of aliphatic hydroxyl groups excluding tert-OH is 4. The molecule has 2 aliphatic rings. The summed E-state index contributed by atoms with van der Waals surface area (Å²) in [5, 5.41) is 45.9. The Bertz CT molecular complexity index is 535. The number of benzene rings is 1. The van der Waals surface area contributed by atoms with E-state index in [4.69, 9.17) is 14.6 Å². The van der Waals surface area contributed by atoms with Crippen molar-refractivity contribution in [2.45, 2.75) is 30.7 Å². The highest BCUT2D eigenvalue weighted by molar-refractivity contribution is 5.73. The maximum absolute atomic E-state index is 9.87. The smallest absolute Gasteiger partial charge is 0.229 e. The minimum Gasteiger partial charge on any atom is -0.460 e. The van der Waals surface area contributed by atoms with Crippen LogP contribution >= 0.6 is 0 Å². The molecule has 0 saturated carbocycles. The molecule has 0 amide bonds. The van der Waals surface area contributed by atoms with Crippen LogP contribution < -0.4 is 4.74 Å².